The van der Waals surface area contributed by atoms with E-state index in [1.165, 1.54) is 38.5 Å². The minimum Gasteiger partial charge on any atom is -0.504 e. The van der Waals surface area contributed by atoms with Crippen molar-refractivity contribution in [3.8, 4) is 11.5 Å². The maximum Gasteiger partial charge on any atom is 0.160 e. The van der Waals surface area contributed by atoms with Gasteiger partial charge in [0.1, 0.15) is 0 Å². The second-order valence-electron chi connectivity index (χ2n) is 5.08. The molecule has 0 atom stereocenters. The van der Waals surface area contributed by atoms with E-state index in [-0.39, 0.29) is 5.75 Å². The number of methoxy groups -OCH3 is 1. The third-order valence-electron chi connectivity index (χ3n) is 3.69. The largest absolute Gasteiger partial charge is 0.504 e. The molecule has 1 aromatic rings. The quantitative estimate of drug-likeness (QED) is 0.805. The first-order chi connectivity index (χ1) is 8.79. The molecule has 100 valence electrons. The molecule has 1 aliphatic rings. The van der Waals surface area contributed by atoms with Crippen molar-refractivity contribution in [1.29, 1.82) is 0 Å². The van der Waals surface area contributed by atoms with Gasteiger partial charge in [-0.2, -0.15) is 0 Å². The van der Waals surface area contributed by atoms with Crippen molar-refractivity contribution in [1.82, 2.24) is 5.32 Å². The summed E-state index contributed by atoms with van der Waals surface area (Å²) in [5, 5.41) is 13.2. The van der Waals surface area contributed by atoms with Crippen LogP contribution < -0.4 is 10.1 Å². The van der Waals surface area contributed by atoms with Crippen molar-refractivity contribution in [3.05, 3.63) is 23.8 Å². The van der Waals surface area contributed by atoms with Crippen LogP contribution in [0.2, 0.25) is 0 Å². The van der Waals surface area contributed by atoms with E-state index in [0.717, 1.165) is 12.1 Å². The van der Waals surface area contributed by atoms with E-state index in [2.05, 4.69) is 5.32 Å². The average molecular weight is 249 g/mol. The summed E-state index contributed by atoms with van der Waals surface area (Å²) in [7, 11) is 1.58. The monoisotopic (exact) mass is 249 g/mol. The maximum atomic E-state index is 9.54. The molecule has 0 aromatic heterocycles. The molecule has 0 saturated heterocycles. The van der Waals surface area contributed by atoms with Gasteiger partial charge in [0.2, 0.25) is 0 Å². The van der Waals surface area contributed by atoms with Gasteiger partial charge in [-0.25, -0.2) is 0 Å². The molecule has 3 nitrogen and oxygen atoms in total. The first kappa shape index (κ1) is 13.2. The molecule has 0 aliphatic heterocycles. The third kappa shape index (κ3) is 3.64. The summed E-state index contributed by atoms with van der Waals surface area (Å²) in [5.41, 5.74) is 1.16. The van der Waals surface area contributed by atoms with Crippen LogP contribution in [0.4, 0.5) is 0 Å². The predicted octanol–water partition coefficient (Wildman–Crippen LogP) is 3.21. The van der Waals surface area contributed by atoms with E-state index in [9.17, 15) is 5.11 Å². The zero-order chi connectivity index (χ0) is 12.8. The molecule has 0 bridgehead atoms. The second-order valence-corrected chi connectivity index (χ2v) is 5.08. The van der Waals surface area contributed by atoms with Crippen LogP contribution >= 0.6 is 0 Å². The van der Waals surface area contributed by atoms with Gasteiger partial charge in [0.05, 0.1) is 7.11 Å². The van der Waals surface area contributed by atoms with Crippen molar-refractivity contribution < 1.29 is 9.84 Å². The minimum atomic E-state index is 0.204. The Morgan fingerprint density at radius 1 is 1.22 bits per heavy atom. The fraction of sp³-hybridized carbons (Fsp3) is 0.600. The van der Waals surface area contributed by atoms with Crippen molar-refractivity contribution in [2.75, 3.05) is 7.11 Å². The van der Waals surface area contributed by atoms with Crippen molar-refractivity contribution in [2.24, 2.45) is 0 Å². The van der Waals surface area contributed by atoms with Crippen LogP contribution in [0.3, 0.4) is 0 Å². The highest BCUT2D eigenvalue weighted by atomic mass is 16.5. The van der Waals surface area contributed by atoms with Gasteiger partial charge in [-0.05, 0) is 30.5 Å². The van der Waals surface area contributed by atoms with Gasteiger partial charge in [0, 0.05) is 12.6 Å². The molecule has 0 spiro atoms. The molecule has 1 fully saturated rings. The lowest BCUT2D eigenvalue weighted by molar-refractivity contribution is 0.372. The van der Waals surface area contributed by atoms with Gasteiger partial charge in [0.15, 0.2) is 11.5 Å². The summed E-state index contributed by atoms with van der Waals surface area (Å²) in [6.07, 6.45) is 8.02. The standard InChI is InChI=1S/C15H23NO2/c1-18-15-10-12(8-9-14(15)17)11-16-13-6-4-2-3-5-7-13/h8-10,13,16-17H,2-7,11H2,1H3. The molecule has 1 aromatic carbocycles. The lowest BCUT2D eigenvalue weighted by atomic mass is 10.1. The lowest BCUT2D eigenvalue weighted by Crippen LogP contribution is -2.27. The zero-order valence-electron chi connectivity index (χ0n) is 11.1. The number of hydrogen-bond acceptors (Lipinski definition) is 3. The fourth-order valence-corrected chi connectivity index (χ4v) is 2.58. The summed E-state index contributed by atoms with van der Waals surface area (Å²) < 4.78 is 5.12. The summed E-state index contributed by atoms with van der Waals surface area (Å²) >= 11 is 0. The van der Waals surface area contributed by atoms with Crippen LogP contribution in [0, 0.1) is 0 Å². The summed E-state index contributed by atoms with van der Waals surface area (Å²) in [4.78, 5) is 0. The SMILES string of the molecule is COc1cc(CNC2CCCCCC2)ccc1O. The van der Waals surface area contributed by atoms with E-state index < -0.39 is 0 Å². The van der Waals surface area contributed by atoms with Gasteiger partial charge < -0.3 is 15.2 Å². The molecule has 3 heteroatoms. The normalized spacial score (nSPS) is 17.4. The molecular formula is C15H23NO2. The van der Waals surface area contributed by atoms with Gasteiger partial charge in [-0.1, -0.05) is 31.7 Å². The van der Waals surface area contributed by atoms with Crippen LogP contribution in [0.1, 0.15) is 44.1 Å². The van der Waals surface area contributed by atoms with Crippen LogP contribution in [-0.4, -0.2) is 18.3 Å². The molecule has 0 radical (unpaired) electrons. The molecule has 0 heterocycles. The number of ether oxygens (including phenoxy) is 1. The fourth-order valence-electron chi connectivity index (χ4n) is 2.58. The number of nitrogens with one attached hydrogen (secondary N) is 1. The Hall–Kier alpha value is -1.22. The van der Waals surface area contributed by atoms with Gasteiger partial charge in [-0.15, -0.1) is 0 Å². The molecular weight excluding hydrogens is 226 g/mol. The van der Waals surface area contributed by atoms with Crippen molar-refractivity contribution >= 4 is 0 Å². The summed E-state index contributed by atoms with van der Waals surface area (Å²) in [6.45, 7) is 0.849. The smallest absolute Gasteiger partial charge is 0.160 e. The van der Waals surface area contributed by atoms with E-state index >= 15 is 0 Å². The Labute approximate surface area is 109 Å². The number of aromatic hydroxyl groups is 1. The number of phenols is 1. The maximum absolute atomic E-state index is 9.54. The van der Waals surface area contributed by atoms with Crippen LogP contribution in [-0.2, 0) is 6.54 Å². The number of benzene rings is 1. The third-order valence-corrected chi connectivity index (χ3v) is 3.69. The van der Waals surface area contributed by atoms with Crippen LogP contribution in [0.5, 0.6) is 11.5 Å². The molecule has 18 heavy (non-hydrogen) atoms. The molecule has 0 unspecified atom stereocenters. The van der Waals surface area contributed by atoms with E-state index in [1.54, 1.807) is 13.2 Å². The number of phenolic OH excluding ortho intramolecular Hbond substituents is 1. The van der Waals surface area contributed by atoms with Gasteiger partial charge in [0.25, 0.3) is 0 Å². The lowest BCUT2D eigenvalue weighted by Gasteiger charge is -2.16. The Kier molecular flexibility index (Phi) is 4.88. The first-order valence-corrected chi connectivity index (χ1v) is 6.89. The highest BCUT2D eigenvalue weighted by Gasteiger charge is 2.11. The first-order valence-electron chi connectivity index (χ1n) is 6.89. The highest BCUT2D eigenvalue weighted by molar-refractivity contribution is 5.41. The second kappa shape index (κ2) is 6.64. The zero-order valence-corrected chi connectivity index (χ0v) is 11.1. The molecule has 0 amide bonds. The van der Waals surface area contributed by atoms with Gasteiger partial charge >= 0.3 is 0 Å². The van der Waals surface area contributed by atoms with Crippen LogP contribution in [0.25, 0.3) is 0 Å². The van der Waals surface area contributed by atoms with E-state index in [1.807, 2.05) is 12.1 Å². The van der Waals surface area contributed by atoms with Crippen molar-refractivity contribution in [3.63, 3.8) is 0 Å². The Balaban J connectivity index is 1.88. The van der Waals surface area contributed by atoms with Gasteiger partial charge in [-0.3, -0.25) is 0 Å². The Bertz CT molecular complexity index is 371. The number of hydrogen-bond donors (Lipinski definition) is 2. The van der Waals surface area contributed by atoms with Crippen LogP contribution in [0.15, 0.2) is 18.2 Å². The molecule has 2 rings (SSSR count). The minimum absolute atomic E-state index is 0.204. The average Bonchev–Trinajstić information content (AvgIpc) is 2.66. The Morgan fingerprint density at radius 3 is 2.61 bits per heavy atom. The summed E-state index contributed by atoms with van der Waals surface area (Å²) in [6, 6.07) is 6.19. The topological polar surface area (TPSA) is 41.5 Å². The molecule has 1 saturated carbocycles. The summed E-state index contributed by atoms with van der Waals surface area (Å²) in [5.74, 6) is 0.755. The molecule has 1 aliphatic carbocycles. The van der Waals surface area contributed by atoms with E-state index in [0.29, 0.717) is 11.8 Å². The van der Waals surface area contributed by atoms with Crippen molar-refractivity contribution in [2.45, 2.75) is 51.1 Å². The molecule has 2 N–H and O–H groups in total. The predicted molar refractivity (Wildman–Crippen MR) is 73.0 cm³/mol. The Morgan fingerprint density at radius 2 is 1.94 bits per heavy atom. The van der Waals surface area contributed by atoms with E-state index in [4.69, 9.17) is 4.74 Å². The number of rotatable bonds is 4. The highest BCUT2D eigenvalue weighted by Crippen LogP contribution is 2.26.